The first-order chi connectivity index (χ1) is 16.1. The fourth-order valence-electron chi connectivity index (χ4n) is 4.20. The normalized spacial score (nSPS) is 17.2. The minimum absolute atomic E-state index is 0.0392. The molecule has 1 amide bonds. The van der Waals surface area contributed by atoms with Crippen LogP contribution in [0.1, 0.15) is 36.7 Å². The van der Waals surface area contributed by atoms with E-state index >= 15 is 0 Å². The first kappa shape index (κ1) is 22.7. The highest BCUT2D eigenvalue weighted by molar-refractivity contribution is 5.79. The molecule has 9 nitrogen and oxygen atoms in total. The molecular weight excluding hydrogens is 416 g/mol. The van der Waals surface area contributed by atoms with Crippen LogP contribution in [0, 0.1) is 5.92 Å². The smallest absolute Gasteiger partial charge is 0.221 e. The maximum Gasteiger partial charge on any atom is 0.221 e. The number of nitrogens with two attached hydrogens (primary N) is 1. The topological polar surface area (TPSA) is 113 Å². The number of aliphatic imine (C=N–C) groups is 1. The molecule has 0 radical (unpaired) electrons. The highest BCUT2D eigenvalue weighted by Gasteiger charge is 2.23. The van der Waals surface area contributed by atoms with E-state index in [1.54, 1.807) is 0 Å². The van der Waals surface area contributed by atoms with Gasteiger partial charge in [0.25, 0.3) is 0 Å². The number of piperidine rings is 1. The van der Waals surface area contributed by atoms with Crippen molar-refractivity contribution >= 4 is 17.5 Å². The Hall–Kier alpha value is -3.46. The second-order valence-electron chi connectivity index (χ2n) is 8.39. The van der Waals surface area contributed by atoms with Gasteiger partial charge in [0.1, 0.15) is 0 Å². The standard InChI is InChI=1S/C24H32N8O/c1-2-26-24(28-15-22-30-29-21-10-3-4-12-32(21)22)27-14-18-7-5-8-19(13-18)16-31-11-6-9-20(17-31)23(25)33/h3-5,7-8,10,12-13,20H,2,6,9,11,14-17H2,1H3,(H2,25,33)(H2,26,27,28). The number of hydrogen-bond donors (Lipinski definition) is 3. The molecule has 33 heavy (non-hydrogen) atoms. The third kappa shape index (κ3) is 6.07. The second kappa shape index (κ2) is 10.9. The van der Waals surface area contributed by atoms with Crippen molar-refractivity contribution in [3.05, 3.63) is 65.6 Å². The predicted octanol–water partition coefficient (Wildman–Crippen LogP) is 1.68. The Morgan fingerprint density at radius 3 is 2.91 bits per heavy atom. The van der Waals surface area contributed by atoms with Crippen LogP contribution in [0.2, 0.25) is 0 Å². The lowest BCUT2D eigenvalue weighted by molar-refractivity contribution is -0.123. The van der Waals surface area contributed by atoms with Gasteiger partial charge >= 0.3 is 0 Å². The first-order valence-corrected chi connectivity index (χ1v) is 11.5. The van der Waals surface area contributed by atoms with Gasteiger partial charge in [0.15, 0.2) is 17.4 Å². The molecule has 4 N–H and O–H groups in total. The Bertz CT molecular complexity index is 1110. The van der Waals surface area contributed by atoms with Gasteiger partial charge in [0.2, 0.25) is 5.91 Å². The summed E-state index contributed by atoms with van der Waals surface area (Å²) in [4.78, 5) is 18.6. The van der Waals surface area contributed by atoms with E-state index in [1.165, 1.54) is 5.56 Å². The third-order valence-corrected chi connectivity index (χ3v) is 5.87. The zero-order chi connectivity index (χ0) is 23.0. The highest BCUT2D eigenvalue weighted by Crippen LogP contribution is 2.19. The maximum atomic E-state index is 11.6. The van der Waals surface area contributed by atoms with Gasteiger partial charge in [-0.3, -0.25) is 14.1 Å². The van der Waals surface area contributed by atoms with E-state index in [2.05, 4.69) is 50.0 Å². The summed E-state index contributed by atoms with van der Waals surface area (Å²) in [6, 6.07) is 14.3. The Labute approximate surface area is 194 Å². The van der Waals surface area contributed by atoms with E-state index in [-0.39, 0.29) is 11.8 Å². The monoisotopic (exact) mass is 448 g/mol. The number of fused-ring (bicyclic) bond motifs is 1. The summed E-state index contributed by atoms with van der Waals surface area (Å²) in [6.45, 7) is 6.45. The lowest BCUT2D eigenvalue weighted by atomic mass is 9.97. The number of pyridine rings is 1. The van der Waals surface area contributed by atoms with Crippen LogP contribution in [-0.4, -0.2) is 51.0 Å². The van der Waals surface area contributed by atoms with E-state index in [4.69, 9.17) is 10.7 Å². The molecule has 174 valence electrons. The molecule has 1 atom stereocenters. The number of rotatable bonds is 8. The Kier molecular flexibility index (Phi) is 7.51. The molecule has 0 bridgehead atoms. The van der Waals surface area contributed by atoms with Gasteiger partial charge in [-0.25, -0.2) is 4.99 Å². The molecule has 1 saturated heterocycles. The number of carbonyl (C=O) groups is 1. The minimum atomic E-state index is -0.189. The number of benzene rings is 1. The lowest BCUT2D eigenvalue weighted by Crippen LogP contribution is -2.40. The fraction of sp³-hybridized carbons (Fsp3) is 0.417. The summed E-state index contributed by atoms with van der Waals surface area (Å²) in [7, 11) is 0. The van der Waals surface area contributed by atoms with E-state index < -0.39 is 0 Å². The van der Waals surface area contributed by atoms with Crippen molar-refractivity contribution in [2.75, 3.05) is 19.6 Å². The summed E-state index contributed by atoms with van der Waals surface area (Å²) >= 11 is 0. The molecule has 1 aliphatic rings. The molecule has 3 heterocycles. The van der Waals surface area contributed by atoms with Gasteiger partial charge in [0.05, 0.1) is 19.0 Å². The largest absolute Gasteiger partial charge is 0.369 e. The van der Waals surface area contributed by atoms with Gasteiger partial charge < -0.3 is 16.4 Å². The van der Waals surface area contributed by atoms with Crippen LogP contribution in [0.3, 0.4) is 0 Å². The van der Waals surface area contributed by atoms with Crippen LogP contribution in [0.15, 0.2) is 53.7 Å². The quantitative estimate of drug-likeness (QED) is 0.357. The average Bonchev–Trinajstić information content (AvgIpc) is 3.24. The van der Waals surface area contributed by atoms with Crippen LogP contribution in [0.25, 0.3) is 5.65 Å². The van der Waals surface area contributed by atoms with Crippen LogP contribution < -0.4 is 16.4 Å². The van der Waals surface area contributed by atoms with Crippen LogP contribution >= 0.6 is 0 Å². The number of likely N-dealkylation sites (tertiary alicyclic amines) is 1. The van der Waals surface area contributed by atoms with Crippen molar-refractivity contribution in [3.8, 4) is 0 Å². The van der Waals surface area contributed by atoms with E-state index in [0.29, 0.717) is 13.1 Å². The SMILES string of the molecule is CCNC(=NCc1cccc(CN2CCCC(C(N)=O)C2)c1)NCc1nnc2ccccn12. The van der Waals surface area contributed by atoms with Crippen LogP contribution in [-0.2, 0) is 24.4 Å². The molecular formula is C24H32N8O. The summed E-state index contributed by atoms with van der Waals surface area (Å²) in [6.07, 6.45) is 3.86. The molecule has 1 fully saturated rings. The Balaban J connectivity index is 1.37. The average molecular weight is 449 g/mol. The molecule has 4 rings (SSSR count). The fourth-order valence-corrected chi connectivity index (χ4v) is 4.20. The molecule has 1 aromatic carbocycles. The molecule has 3 aromatic rings. The zero-order valence-electron chi connectivity index (χ0n) is 19.1. The van der Waals surface area contributed by atoms with Gasteiger partial charge in [-0.15, -0.1) is 10.2 Å². The third-order valence-electron chi connectivity index (χ3n) is 5.87. The summed E-state index contributed by atoms with van der Waals surface area (Å²) < 4.78 is 1.96. The lowest BCUT2D eigenvalue weighted by Gasteiger charge is -2.31. The van der Waals surface area contributed by atoms with Crippen molar-refractivity contribution < 1.29 is 4.79 Å². The second-order valence-corrected chi connectivity index (χ2v) is 8.39. The number of nitrogens with one attached hydrogen (secondary N) is 2. The van der Waals surface area contributed by atoms with Crippen molar-refractivity contribution in [2.24, 2.45) is 16.6 Å². The number of carbonyl (C=O) groups excluding carboxylic acids is 1. The van der Waals surface area contributed by atoms with Crippen molar-refractivity contribution in [3.63, 3.8) is 0 Å². The molecule has 2 aromatic heterocycles. The van der Waals surface area contributed by atoms with Crippen LogP contribution in [0.4, 0.5) is 0 Å². The number of aromatic nitrogens is 3. The molecule has 0 aliphatic carbocycles. The molecule has 0 saturated carbocycles. The number of nitrogens with zero attached hydrogens (tertiary/aromatic N) is 5. The van der Waals surface area contributed by atoms with E-state index in [0.717, 1.165) is 62.0 Å². The molecule has 1 unspecified atom stereocenters. The minimum Gasteiger partial charge on any atom is -0.369 e. The molecule has 9 heteroatoms. The van der Waals surface area contributed by atoms with Crippen molar-refractivity contribution in [1.82, 2.24) is 30.1 Å². The Morgan fingerprint density at radius 1 is 1.18 bits per heavy atom. The number of amides is 1. The zero-order valence-corrected chi connectivity index (χ0v) is 19.1. The molecule has 1 aliphatic heterocycles. The summed E-state index contributed by atoms with van der Waals surface area (Å²) in [5.74, 6) is 1.33. The van der Waals surface area contributed by atoms with Gasteiger partial charge in [-0.05, 0) is 49.6 Å². The van der Waals surface area contributed by atoms with E-state index in [9.17, 15) is 4.79 Å². The highest BCUT2D eigenvalue weighted by atomic mass is 16.1. The number of hydrogen-bond acceptors (Lipinski definition) is 5. The van der Waals surface area contributed by atoms with Gasteiger partial charge in [-0.2, -0.15) is 0 Å². The summed E-state index contributed by atoms with van der Waals surface area (Å²) in [5, 5.41) is 15.1. The van der Waals surface area contributed by atoms with Gasteiger partial charge in [-0.1, -0.05) is 30.3 Å². The Morgan fingerprint density at radius 2 is 2.06 bits per heavy atom. The predicted molar refractivity (Wildman–Crippen MR) is 128 cm³/mol. The van der Waals surface area contributed by atoms with E-state index in [1.807, 2.05) is 35.7 Å². The van der Waals surface area contributed by atoms with Crippen molar-refractivity contribution in [2.45, 2.75) is 39.4 Å². The summed E-state index contributed by atoms with van der Waals surface area (Å²) in [5.41, 5.74) is 8.71. The maximum absolute atomic E-state index is 11.6. The first-order valence-electron chi connectivity index (χ1n) is 11.5. The van der Waals surface area contributed by atoms with Crippen LogP contribution in [0.5, 0.6) is 0 Å². The number of primary amides is 1. The van der Waals surface area contributed by atoms with Crippen molar-refractivity contribution in [1.29, 1.82) is 0 Å². The number of guanidine groups is 1. The molecule has 0 spiro atoms. The van der Waals surface area contributed by atoms with Gasteiger partial charge in [0, 0.05) is 25.8 Å².